The van der Waals surface area contributed by atoms with E-state index in [-0.39, 0.29) is 6.61 Å². The third-order valence-corrected chi connectivity index (χ3v) is 1.83. The van der Waals surface area contributed by atoms with Crippen LogP contribution < -0.4 is 5.32 Å². The third-order valence-electron chi connectivity index (χ3n) is 1.83. The van der Waals surface area contributed by atoms with Crippen molar-refractivity contribution in [2.75, 3.05) is 26.4 Å². The minimum absolute atomic E-state index is 0.0916. The Morgan fingerprint density at radius 3 is 3.07 bits per heavy atom. The molecular formula is C10H17N3O2. The standard InChI is InChI=1S/C10H17N3O2/c14-5-7-15-6-1-3-11-8-10-2-4-12-9-13-10/h2,4,9,11,14H,1,3,5-8H2. The van der Waals surface area contributed by atoms with Crippen LogP contribution in [0.2, 0.25) is 0 Å². The smallest absolute Gasteiger partial charge is 0.115 e. The van der Waals surface area contributed by atoms with Gasteiger partial charge in [-0.15, -0.1) is 0 Å². The van der Waals surface area contributed by atoms with E-state index in [1.54, 1.807) is 12.5 Å². The van der Waals surface area contributed by atoms with Crippen LogP contribution in [-0.4, -0.2) is 41.4 Å². The topological polar surface area (TPSA) is 67.3 Å². The second-order valence-corrected chi connectivity index (χ2v) is 3.07. The van der Waals surface area contributed by atoms with Crippen LogP contribution in [0.3, 0.4) is 0 Å². The van der Waals surface area contributed by atoms with Gasteiger partial charge in [-0.25, -0.2) is 9.97 Å². The number of aromatic nitrogens is 2. The van der Waals surface area contributed by atoms with Crippen molar-refractivity contribution in [3.8, 4) is 0 Å². The first-order chi connectivity index (χ1) is 7.43. The van der Waals surface area contributed by atoms with Crippen molar-refractivity contribution in [3.63, 3.8) is 0 Å². The fraction of sp³-hybridized carbons (Fsp3) is 0.600. The summed E-state index contributed by atoms with van der Waals surface area (Å²) in [6, 6.07) is 1.88. The van der Waals surface area contributed by atoms with E-state index in [4.69, 9.17) is 9.84 Å². The zero-order valence-electron chi connectivity index (χ0n) is 8.72. The maximum Gasteiger partial charge on any atom is 0.115 e. The summed E-state index contributed by atoms with van der Waals surface area (Å²) in [6.45, 7) is 2.83. The van der Waals surface area contributed by atoms with Gasteiger partial charge in [0.2, 0.25) is 0 Å². The summed E-state index contributed by atoms with van der Waals surface area (Å²) in [5, 5.41) is 11.7. The molecule has 0 fully saturated rings. The van der Waals surface area contributed by atoms with Gasteiger partial charge in [0.15, 0.2) is 0 Å². The fourth-order valence-corrected chi connectivity index (χ4v) is 1.10. The maximum atomic E-state index is 8.46. The van der Waals surface area contributed by atoms with Crippen molar-refractivity contribution in [1.29, 1.82) is 0 Å². The van der Waals surface area contributed by atoms with Gasteiger partial charge in [-0.3, -0.25) is 0 Å². The molecule has 0 saturated carbocycles. The summed E-state index contributed by atoms with van der Waals surface area (Å²) in [4.78, 5) is 7.93. The van der Waals surface area contributed by atoms with Gasteiger partial charge in [-0.1, -0.05) is 0 Å². The minimum atomic E-state index is 0.0916. The minimum Gasteiger partial charge on any atom is -0.394 e. The molecule has 0 spiro atoms. The highest BCUT2D eigenvalue weighted by Gasteiger charge is 1.92. The molecule has 0 atom stereocenters. The third kappa shape index (κ3) is 6.11. The van der Waals surface area contributed by atoms with E-state index in [0.29, 0.717) is 13.2 Å². The van der Waals surface area contributed by atoms with Gasteiger partial charge in [0.25, 0.3) is 0 Å². The second kappa shape index (κ2) is 8.28. The lowest BCUT2D eigenvalue weighted by Gasteiger charge is -2.04. The number of nitrogens with one attached hydrogen (secondary N) is 1. The summed E-state index contributed by atoms with van der Waals surface area (Å²) in [5.41, 5.74) is 0.987. The van der Waals surface area contributed by atoms with E-state index in [0.717, 1.165) is 25.2 Å². The molecule has 1 rings (SSSR count). The highest BCUT2D eigenvalue weighted by Crippen LogP contribution is 1.89. The van der Waals surface area contributed by atoms with Gasteiger partial charge >= 0.3 is 0 Å². The van der Waals surface area contributed by atoms with Gasteiger partial charge in [0.05, 0.1) is 18.9 Å². The first-order valence-corrected chi connectivity index (χ1v) is 5.07. The largest absolute Gasteiger partial charge is 0.394 e. The van der Waals surface area contributed by atoms with E-state index >= 15 is 0 Å². The quantitative estimate of drug-likeness (QED) is 0.591. The molecule has 0 aromatic carbocycles. The van der Waals surface area contributed by atoms with Crippen molar-refractivity contribution in [2.24, 2.45) is 0 Å². The molecule has 0 aliphatic carbocycles. The van der Waals surface area contributed by atoms with Crippen molar-refractivity contribution in [3.05, 3.63) is 24.3 Å². The Hall–Kier alpha value is -1.04. The molecule has 1 aromatic rings. The fourth-order valence-electron chi connectivity index (χ4n) is 1.10. The molecule has 0 radical (unpaired) electrons. The normalized spacial score (nSPS) is 10.5. The molecule has 1 aromatic heterocycles. The first-order valence-electron chi connectivity index (χ1n) is 5.07. The second-order valence-electron chi connectivity index (χ2n) is 3.07. The molecular weight excluding hydrogens is 194 g/mol. The van der Waals surface area contributed by atoms with Crippen molar-refractivity contribution in [1.82, 2.24) is 15.3 Å². The molecule has 0 unspecified atom stereocenters. The number of hydrogen-bond acceptors (Lipinski definition) is 5. The van der Waals surface area contributed by atoms with Crippen LogP contribution in [0.15, 0.2) is 18.6 Å². The lowest BCUT2D eigenvalue weighted by atomic mass is 10.4. The zero-order chi connectivity index (χ0) is 10.8. The van der Waals surface area contributed by atoms with Gasteiger partial charge in [-0.05, 0) is 19.0 Å². The Balaban J connectivity index is 1.93. The highest BCUT2D eigenvalue weighted by atomic mass is 16.5. The van der Waals surface area contributed by atoms with Crippen LogP contribution in [-0.2, 0) is 11.3 Å². The molecule has 1 heterocycles. The number of nitrogens with zero attached hydrogens (tertiary/aromatic N) is 2. The van der Waals surface area contributed by atoms with Crippen molar-refractivity contribution >= 4 is 0 Å². The lowest BCUT2D eigenvalue weighted by Crippen LogP contribution is -2.17. The Morgan fingerprint density at radius 1 is 1.40 bits per heavy atom. The van der Waals surface area contributed by atoms with Crippen LogP contribution in [0, 0.1) is 0 Å². The Labute approximate surface area is 89.5 Å². The van der Waals surface area contributed by atoms with Crippen LogP contribution in [0.4, 0.5) is 0 Å². The predicted molar refractivity (Wildman–Crippen MR) is 56.3 cm³/mol. The van der Waals surface area contributed by atoms with E-state index < -0.39 is 0 Å². The summed E-state index contributed by atoms with van der Waals surface area (Å²) in [7, 11) is 0. The summed E-state index contributed by atoms with van der Waals surface area (Å²) in [5.74, 6) is 0. The van der Waals surface area contributed by atoms with E-state index in [1.807, 2.05) is 6.07 Å². The monoisotopic (exact) mass is 211 g/mol. The van der Waals surface area contributed by atoms with Gasteiger partial charge in [-0.2, -0.15) is 0 Å². The molecule has 0 amide bonds. The van der Waals surface area contributed by atoms with Crippen LogP contribution in [0.5, 0.6) is 0 Å². The molecule has 0 bridgehead atoms. The van der Waals surface area contributed by atoms with E-state index in [1.165, 1.54) is 0 Å². The number of ether oxygens (including phenoxy) is 1. The summed E-state index contributed by atoms with van der Waals surface area (Å²) >= 11 is 0. The molecule has 84 valence electrons. The summed E-state index contributed by atoms with van der Waals surface area (Å²) in [6.07, 6.45) is 4.21. The first kappa shape index (κ1) is 12.0. The number of hydrogen-bond donors (Lipinski definition) is 2. The highest BCUT2D eigenvalue weighted by molar-refractivity contribution is 4.96. The average Bonchev–Trinajstić information content (AvgIpc) is 2.29. The van der Waals surface area contributed by atoms with Crippen LogP contribution in [0.1, 0.15) is 12.1 Å². The van der Waals surface area contributed by atoms with E-state index in [2.05, 4.69) is 15.3 Å². The Kier molecular flexibility index (Phi) is 6.64. The molecule has 0 saturated heterocycles. The molecule has 0 aliphatic rings. The van der Waals surface area contributed by atoms with E-state index in [9.17, 15) is 0 Å². The SMILES string of the molecule is OCCOCCCNCc1ccncn1. The molecule has 5 nitrogen and oxygen atoms in total. The number of rotatable bonds is 8. The van der Waals surface area contributed by atoms with Crippen LogP contribution in [0.25, 0.3) is 0 Å². The molecule has 2 N–H and O–H groups in total. The van der Waals surface area contributed by atoms with Gasteiger partial charge in [0, 0.05) is 19.3 Å². The zero-order valence-corrected chi connectivity index (χ0v) is 8.72. The van der Waals surface area contributed by atoms with Gasteiger partial charge < -0.3 is 15.2 Å². The molecule has 0 aliphatic heterocycles. The lowest BCUT2D eigenvalue weighted by molar-refractivity contribution is 0.0907. The van der Waals surface area contributed by atoms with Crippen molar-refractivity contribution < 1.29 is 9.84 Å². The summed E-state index contributed by atoms with van der Waals surface area (Å²) < 4.78 is 5.12. The average molecular weight is 211 g/mol. The Bertz CT molecular complexity index is 244. The number of aliphatic hydroxyl groups excluding tert-OH is 1. The molecule has 15 heavy (non-hydrogen) atoms. The predicted octanol–water partition coefficient (Wildman–Crippen LogP) is -0.0348. The van der Waals surface area contributed by atoms with Gasteiger partial charge in [0.1, 0.15) is 6.33 Å². The van der Waals surface area contributed by atoms with Crippen LogP contribution >= 0.6 is 0 Å². The Morgan fingerprint density at radius 2 is 2.33 bits per heavy atom. The maximum absolute atomic E-state index is 8.46. The number of aliphatic hydroxyl groups is 1. The molecule has 5 heteroatoms. The van der Waals surface area contributed by atoms with Crippen molar-refractivity contribution in [2.45, 2.75) is 13.0 Å².